The highest BCUT2D eigenvalue weighted by molar-refractivity contribution is 7.78. The molecule has 0 atom stereocenters. The minimum atomic E-state index is -2.55. The first-order valence-electron chi connectivity index (χ1n) is 7.08. The highest BCUT2D eigenvalue weighted by Crippen LogP contribution is 2.44. The SMILES string of the molecule is O=P(CCCCCO)(c1ccccc1)c1ccccc1. The Balaban J connectivity index is 2.27. The summed E-state index contributed by atoms with van der Waals surface area (Å²) in [5.41, 5.74) is 0. The van der Waals surface area contributed by atoms with E-state index in [2.05, 4.69) is 0 Å². The molecule has 20 heavy (non-hydrogen) atoms. The van der Waals surface area contributed by atoms with E-state index in [4.69, 9.17) is 5.11 Å². The van der Waals surface area contributed by atoms with E-state index >= 15 is 0 Å². The maximum absolute atomic E-state index is 13.5. The van der Waals surface area contributed by atoms with Crippen LogP contribution in [0.15, 0.2) is 60.7 Å². The molecular formula is C17H21O2P. The molecule has 0 aliphatic rings. The van der Waals surface area contributed by atoms with Crippen molar-refractivity contribution < 1.29 is 9.67 Å². The van der Waals surface area contributed by atoms with Crippen LogP contribution in [0.5, 0.6) is 0 Å². The zero-order valence-electron chi connectivity index (χ0n) is 11.6. The third kappa shape index (κ3) is 3.59. The Morgan fingerprint density at radius 1 is 0.750 bits per heavy atom. The molecule has 2 aromatic rings. The van der Waals surface area contributed by atoms with Crippen molar-refractivity contribution in [1.82, 2.24) is 0 Å². The molecule has 0 aliphatic heterocycles. The Bertz CT molecular complexity index is 508. The van der Waals surface area contributed by atoms with Crippen LogP contribution in [0.4, 0.5) is 0 Å². The first-order valence-corrected chi connectivity index (χ1v) is 8.98. The zero-order valence-corrected chi connectivity index (χ0v) is 12.5. The van der Waals surface area contributed by atoms with Gasteiger partial charge in [-0.25, -0.2) is 0 Å². The molecular weight excluding hydrogens is 267 g/mol. The number of rotatable bonds is 7. The summed E-state index contributed by atoms with van der Waals surface area (Å²) in [6, 6.07) is 19.5. The number of unbranched alkanes of at least 4 members (excludes halogenated alkanes) is 2. The molecule has 106 valence electrons. The summed E-state index contributed by atoms with van der Waals surface area (Å²) in [7, 11) is -2.55. The summed E-state index contributed by atoms with van der Waals surface area (Å²) >= 11 is 0. The summed E-state index contributed by atoms with van der Waals surface area (Å²) in [5.74, 6) is 0. The van der Waals surface area contributed by atoms with Crippen LogP contribution in [0.25, 0.3) is 0 Å². The van der Waals surface area contributed by atoms with Crippen molar-refractivity contribution in [3.63, 3.8) is 0 Å². The van der Waals surface area contributed by atoms with Gasteiger partial charge < -0.3 is 9.67 Å². The van der Waals surface area contributed by atoms with Crippen molar-refractivity contribution in [3.8, 4) is 0 Å². The Morgan fingerprint density at radius 2 is 1.25 bits per heavy atom. The molecule has 1 N–H and O–H groups in total. The van der Waals surface area contributed by atoms with Gasteiger partial charge in [0, 0.05) is 23.4 Å². The smallest absolute Gasteiger partial charge is 0.143 e. The van der Waals surface area contributed by atoms with Gasteiger partial charge in [0.25, 0.3) is 0 Å². The van der Waals surface area contributed by atoms with Crippen molar-refractivity contribution in [2.75, 3.05) is 12.8 Å². The van der Waals surface area contributed by atoms with Gasteiger partial charge in [-0.1, -0.05) is 67.1 Å². The molecule has 0 saturated carbocycles. The molecule has 0 amide bonds. The summed E-state index contributed by atoms with van der Waals surface area (Å²) in [6.07, 6.45) is 3.24. The van der Waals surface area contributed by atoms with E-state index in [-0.39, 0.29) is 6.61 Å². The predicted molar refractivity (Wildman–Crippen MR) is 85.6 cm³/mol. The molecule has 0 aromatic heterocycles. The van der Waals surface area contributed by atoms with Crippen molar-refractivity contribution in [1.29, 1.82) is 0 Å². The van der Waals surface area contributed by atoms with Crippen LogP contribution in [-0.2, 0) is 4.57 Å². The van der Waals surface area contributed by atoms with E-state index in [0.29, 0.717) is 6.16 Å². The average molecular weight is 288 g/mol. The van der Waals surface area contributed by atoms with E-state index in [1.165, 1.54) is 0 Å². The molecule has 0 bridgehead atoms. The van der Waals surface area contributed by atoms with Crippen LogP contribution in [0.2, 0.25) is 0 Å². The average Bonchev–Trinajstić information content (AvgIpc) is 2.53. The van der Waals surface area contributed by atoms with E-state index in [9.17, 15) is 4.57 Å². The molecule has 0 aliphatic carbocycles. The molecule has 0 radical (unpaired) electrons. The van der Waals surface area contributed by atoms with Crippen LogP contribution >= 0.6 is 7.14 Å². The van der Waals surface area contributed by atoms with Crippen LogP contribution < -0.4 is 10.6 Å². The van der Waals surface area contributed by atoms with Crippen LogP contribution in [0, 0.1) is 0 Å². The van der Waals surface area contributed by atoms with Crippen molar-refractivity contribution in [2.24, 2.45) is 0 Å². The minimum Gasteiger partial charge on any atom is -0.396 e. The zero-order chi connectivity index (χ0) is 14.3. The van der Waals surface area contributed by atoms with Gasteiger partial charge >= 0.3 is 0 Å². The van der Waals surface area contributed by atoms with E-state index in [1.54, 1.807) is 0 Å². The van der Waals surface area contributed by atoms with Gasteiger partial charge in [0.05, 0.1) is 0 Å². The van der Waals surface area contributed by atoms with E-state index in [0.717, 1.165) is 29.9 Å². The summed E-state index contributed by atoms with van der Waals surface area (Å²) < 4.78 is 13.5. The number of aliphatic hydroxyl groups excluding tert-OH is 1. The number of benzene rings is 2. The van der Waals surface area contributed by atoms with E-state index < -0.39 is 7.14 Å². The summed E-state index contributed by atoms with van der Waals surface area (Å²) in [4.78, 5) is 0. The second-order valence-corrected chi connectivity index (χ2v) is 7.88. The fourth-order valence-corrected chi connectivity index (χ4v) is 5.16. The lowest BCUT2D eigenvalue weighted by molar-refractivity contribution is 0.284. The Labute approximate surface area is 120 Å². The molecule has 2 nitrogen and oxygen atoms in total. The molecule has 0 heterocycles. The Hall–Kier alpha value is -1.37. The maximum atomic E-state index is 13.5. The fraction of sp³-hybridized carbons (Fsp3) is 0.294. The van der Waals surface area contributed by atoms with Gasteiger partial charge in [0.15, 0.2) is 0 Å². The topological polar surface area (TPSA) is 37.3 Å². The van der Waals surface area contributed by atoms with Gasteiger partial charge in [-0.05, 0) is 12.8 Å². The lowest BCUT2D eigenvalue weighted by Gasteiger charge is -2.19. The lowest BCUT2D eigenvalue weighted by Crippen LogP contribution is -2.18. The third-order valence-corrected chi connectivity index (χ3v) is 6.69. The lowest BCUT2D eigenvalue weighted by atomic mass is 10.3. The predicted octanol–water partition coefficient (Wildman–Crippen LogP) is 3.16. The monoisotopic (exact) mass is 288 g/mol. The van der Waals surface area contributed by atoms with Crippen LogP contribution in [0.1, 0.15) is 19.3 Å². The molecule has 0 unspecified atom stereocenters. The van der Waals surface area contributed by atoms with Gasteiger partial charge in [-0.15, -0.1) is 0 Å². The second-order valence-electron chi connectivity index (χ2n) is 4.92. The van der Waals surface area contributed by atoms with Crippen LogP contribution in [-0.4, -0.2) is 17.9 Å². The highest BCUT2D eigenvalue weighted by atomic mass is 31.2. The first-order chi connectivity index (χ1) is 9.77. The first kappa shape index (κ1) is 15.0. The minimum absolute atomic E-state index is 0.209. The maximum Gasteiger partial charge on any atom is 0.143 e. The van der Waals surface area contributed by atoms with Gasteiger partial charge in [-0.3, -0.25) is 0 Å². The van der Waals surface area contributed by atoms with E-state index in [1.807, 2.05) is 60.7 Å². The molecule has 0 saturated heterocycles. The van der Waals surface area contributed by atoms with Gasteiger partial charge in [0.2, 0.25) is 0 Å². The third-order valence-electron chi connectivity index (χ3n) is 3.48. The van der Waals surface area contributed by atoms with Crippen molar-refractivity contribution >= 4 is 17.8 Å². The summed E-state index contributed by atoms with van der Waals surface area (Å²) in [6.45, 7) is 0.209. The quantitative estimate of drug-likeness (QED) is 0.627. The Morgan fingerprint density at radius 3 is 1.70 bits per heavy atom. The highest BCUT2D eigenvalue weighted by Gasteiger charge is 2.26. The van der Waals surface area contributed by atoms with Crippen LogP contribution in [0.3, 0.4) is 0 Å². The molecule has 3 heteroatoms. The molecule has 2 aromatic carbocycles. The number of aliphatic hydroxyl groups is 1. The molecule has 2 rings (SSSR count). The van der Waals surface area contributed by atoms with Gasteiger partial charge in [-0.2, -0.15) is 0 Å². The number of hydrogen-bond donors (Lipinski definition) is 1. The summed E-state index contributed by atoms with van der Waals surface area (Å²) in [5, 5.41) is 10.7. The normalized spacial score (nSPS) is 11.4. The second kappa shape index (κ2) is 7.42. The largest absolute Gasteiger partial charge is 0.396 e. The van der Waals surface area contributed by atoms with Gasteiger partial charge in [0.1, 0.15) is 7.14 Å². The standard InChI is InChI=1S/C17H21O2P/c18-14-8-3-9-15-20(19,16-10-4-1-5-11-16)17-12-6-2-7-13-17/h1-2,4-7,10-13,18H,3,8-9,14-15H2. The fourth-order valence-electron chi connectivity index (χ4n) is 2.37. The van der Waals surface area contributed by atoms with Crippen molar-refractivity contribution in [2.45, 2.75) is 19.3 Å². The Kier molecular flexibility index (Phi) is 5.58. The van der Waals surface area contributed by atoms with Crippen molar-refractivity contribution in [3.05, 3.63) is 60.7 Å². The number of hydrogen-bond acceptors (Lipinski definition) is 2. The molecule has 0 fully saturated rings. The molecule has 0 spiro atoms.